The number of aromatic nitrogens is 2. The number of piperidine rings is 3. The molecule has 2 N–H and O–H groups in total. The number of anilines is 1. The third kappa shape index (κ3) is 5.22. The van der Waals surface area contributed by atoms with Crippen LogP contribution >= 0.6 is 0 Å². The average Bonchev–Trinajstić information content (AvgIpc) is 3.33. The van der Waals surface area contributed by atoms with Crippen LogP contribution in [0.5, 0.6) is 17.2 Å². The molecule has 0 radical (unpaired) electrons. The van der Waals surface area contributed by atoms with Gasteiger partial charge in [0, 0.05) is 49.0 Å². The Balaban J connectivity index is 1.21. The number of amides is 2. The van der Waals surface area contributed by atoms with E-state index in [1.165, 1.54) is 5.69 Å². The van der Waals surface area contributed by atoms with Crippen LogP contribution < -0.4 is 24.8 Å². The summed E-state index contributed by atoms with van der Waals surface area (Å²) in [5.41, 5.74) is 3.93. The monoisotopic (exact) mass is 505 g/mol. The summed E-state index contributed by atoms with van der Waals surface area (Å²) in [6.45, 7) is 2.67. The Bertz CT molecular complexity index is 1240. The molecule has 3 aliphatic heterocycles. The number of hydrogen-bond donors (Lipinski definition) is 2. The van der Waals surface area contributed by atoms with Crippen LogP contribution in [0.15, 0.2) is 48.5 Å². The maximum Gasteiger partial charge on any atom is 0.319 e. The second-order valence-corrected chi connectivity index (χ2v) is 9.75. The number of aryl methyl sites for hydroxylation is 1. The summed E-state index contributed by atoms with van der Waals surface area (Å²) in [7, 11) is 6.94. The summed E-state index contributed by atoms with van der Waals surface area (Å²) in [4.78, 5) is 15.0. The molecule has 3 aliphatic rings. The molecule has 37 heavy (non-hydrogen) atoms. The van der Waals surface area contributed by atoms with E-state index >= 15 is 0 Å². The summed E-state index contributed by atoms with van der Waals surface area (Å²) in [6.07, 6.45) is 2.22. The molecule has 2 bridgehead atoms. The quantitative estimate of drug-likeness (QED) is 0.479. The lowest BCUT2D eigenvalue weighted by atomic mass is 9.74. The summed E-state index contributed by atoms with van der Waals surface area (Å²) in [6, 6.07) is 15.6. The second kappa shape index (κ2) is 10.7. The minimum absolute atomic E-state index is 0.185. The number of urea groups is 1. The number of rotatable bonds is 8. The fraction of sp³-hybridized carbons (Fsp3) is 0.429. The van der Waals surface area contributed by atoms with E-state index in [0.29, 0.717) is 35.9 Å². The number of methoxy groups -OCH3 is 3. The van der Waals surface area contributed by atoms with E-state index in [-0.39, 0.29) is 6.03 Å². The van der Waals surface area contributed by atoms with Crippen molar-refractivity contribution in [3.63, 3.8) is 0 Å². The van der Waals surface area contributed by atoms with Gasteiger partial charge in [0.25, 0.3) is 0 Å². The standard InChI is InChI=1S/C28H35N5O4/c1-32-25(15-24(31-32)19-5-10-26(36-3)27(14-19)37-4)23-17-33-12-11-18(23)13-21(33)16-29-28(34)30-20-6-8-22(35-2)9-7-20/h5-10,14-15,18,21,23H,11-13,16-17H2,1-4H3,(H2,29,30,34). The van der Waals surface area contributed by atoms with Gasteiger partial charge in [0.05, 0.1) is 27.0 Å². The number of hydrogen-bond acceptors (Lipinski definition) is 6. The molecule has 0 spiro atoms. The highest BCUT2D eigenvalue weighted by Crippen LogP contribution is 2.42. The molecule has 9 nitrogen and oxygen atoms in total. The molecule has 9 heteroatoms. The van der Waals surface area contributed by atoms with Gasteiger partial charge in [0.1, 0.15) is 5.75 Å². The molecular weight excluding hydrogens is 470 g/mol. The van der Waals surface area contributed by atoms with Gasteiger partial charge in [-0.2, -0.15) is 5.10 Å². The molecule has 196 valence electrons. The number of ether oxygens (including phenoxy) is 3. The summed E-state index contributed by atoms with van der Waals surface area (Å²) < 4.78 is 18.0. The smallest absolute Gasteiger partial charge is 0.319 e. The predicted octanol–water partition coefficient (Wildman–Crippen LogP) is 4.11. The number of carbonyl (C=O) groups excluding carboxylic acids is 1. The van der Waals surface area contributed by atoms with E-state index in [1.54, 1.807) is 21.3 Å². The van der Waals surface area contributed by atoms with Gasteiger partial charge in [-0.05, 0) is 73.8 Å². The number of carbonyl (C=O) groups is 1. The highest BCUT2D eigenvalue weighted by atomic mass is 16.5. The van der Waals surface area contributed by atoms with Crippen molar-refractivity contribution < 1.29 is 19.0 Å². The molecule has 6 rings (SSSR count). The van der Waals surface area contributed by atoms with Crippen LogP contribution in [-0.4, -0.2) is 67.7 Å². The number of nitrogens with one attached hydrogen (secondary N) is 2. The highest BCUT2D eigenvalue weighted by Gasteiger charge is 2.41. The van der Waals surface area contributed by atoms with Gasteiger partial charge in [-0.1, -0.05) is 0 Å². The Hall–Kier alpha value is -3.72. The van der Waals surface area contributed by atoms with E-state index in [9.17, 15) is 4.79 Å². The van der Waals surface area contributed by atoms with E-state index in [0.717, 1.165) is 48.6 Å². The fourth-order valence-corrected chi connectivity index (χ4v) is 5.71. The van der Waals surface area contributed by atoms with Crippen LogP contribution in [0.25, 0.3) is 11.3 Å². The maximum atomic E-state index is 12.5. The molecule has 0 saturated carbocycles. The molecule has 4 unspecified atom stereocenters. The molecule has 4 atom stereocenters. The third-order valence-electron chi connectivity index (χ3n) is 7.70. The first-order valence-corrected chi connectivity index (χ1v) is 12.7. The Morgan fingerprint density at radius 3 is 2.49 bits per heavy atom. The van der Waals surface area contributed by atoms with Crippen molar-refractivity contribution in [2.24, 2.45) is 13.0 Å². The lowest BCUT2D eigenvalue weighted by Gasteiger charge is -2.49. The Morgan fingerprint density at radius 1 is 1.03 bits per heavy atom. The predicted molar refractivity (Wildman–Crippen MR) is 143 cm³/mol. The van der Waals surface area contributed by atoms with Gasteiger partial charge >= 0.3 is 6.03 Å². The van der Waals surface area contributed by atoms with Crippen LogP contribution in [0.2, 0.25) is 0 Å². The molecule has 3 aromatic rings. The average molecular weight is 506 g/mol. The lowest BCUT2D eigenvalue weighted by Crippen LogP contribution is -2.56. The first-order valence-electron chi connectivity index (χ1n) is 12.7. The minimum Gasteiger partial charge on any atom is -0.497 e. The lowest BCUT2D eigenvalue weighted by molar-refractivity contribution is 0.0296. The maximum absolute atomic E-state index is 12.5. The van der Waals surface area contributed by atoms with Crippen LogP contribution in [-0.2, 0) is 7.05 Å². The summed E-state index contributed by atoms with van der Waals surface area (Å²) >= 11 is 0. The highest BCUT2D eigenvalue weighted by molar-refractivity contribution is 5.89. The van der Waals surface area contributed by atoms with Crippen LogP contribution in [0.1, 0.15) is 24.5 Å². The summed E-state index contributed by atoms with van der Waals surface area (Å²) in [5.74, 6) is 3.15. The second-order valence-electron chi connectivity index (χ2n) is 9.75. The van der Waals surface area contributed by atoms with Gasteiger partial charge in [0.2, 0.25) is 0 Å². The molecule has 0 aliphatic carbocycles. The van der Waals surface area contributed by atoms with E-state index in [1.807, 2.05) is 54.2 Å². The first-order chi connectivity index (χ1) is 18.0. The minimum atomic E-state index is -0.185. The fourth-order valence-electron chi connectivity index (χ4n) is 5.71. The number of nitrogens with zero attached hydrogens (tertiary/aromatic N) is 3. The zero-order valence-corrected chi connectivity index (χ0v) is 21.9. The third-order valence-corrected chi connectivity index (χ3v) is 7.70. The van der Waals surface area contributed by atoms with Crippen molar-refractivity contribution in [1.82, 2.24) is 20.0 Å². The molecule has 2 aromatic carbocycles. The van der Waals surface area contributed by atoms with E-state index < -0.39 is 0 Å². The number of fused-ring (bicyclic) bond motifs is 3. The van der Waals surface area contributed by atoms with Crippen LogP contribution in [0.4, 0.5) is 10.5 Å². The van der Waals surface area contributed by atoms with Crippen LogP contribution in [0, 0.1) is 5.92 Å². The van der Waals surface area contributed by atoms with Gasteiger partial charge in [-0.25, -0.2) is 4.79 Å². The van der Waals surface area contributed by atoms with Crippen molar-refractivity contribution in [2.45, 2.75) is 24.8 Å². The van der Waals surface area contributed by atoms with Crippen molar-refractivity contribution >= 4 is 11.7 Å². The molecule has 2 amide bonds. The van der Waals surface area contributed by atoms with E-state index in [2.05, 4.69) is 21.6 Å². The largest absolute Gasteiger partial charge is 0.497 e. The molecule has 3 saturated heterocycles. The Labute approximate surface area is 217 Å². The van der Waals surface area contributed by atoms with Crippen molar-refractivity contribution in [1.29, 1.82) is 0 Å². The molecule has 1 aromatic heterocycles. The molecular formula is C28H35N5O4. The zero-order valence-electron chi connectivity index (χ0n) is 21.9. The Morgan fingerprint density at radius 2 is 1.81 bits per heavy atom. The topological polar surface area (TPSA) is 89.9 Å². The Kier molecular flexibility index (Phi) is 7.23. The van der Waals surface area contributed by atoms with Crippen molar-refractivity contribution in [3.8, 4) is 28.5 Å². The van der Waals surface area contributed by atoms with Gasteiger partial charge in [-0.15, -0.1) is 0 Å². The van der Waals surface area contributed by atoms with E-state index in [4.69, 9.17) is 19.3 Å². The first kappa shape index (κ1) is 25.0. The molecule has 3 fully saturated rings. The molecule has 4 heterocycles. The van der Waals surface area contributed by atoms with Gasteiger partial charge in [0.15, 0.2) is 11.5 Å². The summed E-state index contributed by atoms with van der Waals surface area (Å²) in [5, 5.41) is 10.8. The van der Waals surface area contributed by atoms with Crippen LogP contribution in [0.3, 0.4) is 0 Å². The van der Waals surface area contributed by atoms with Gasteiger partial charge < -0.3 is 24.8 Å². The van der Waals surface area contributed by atoms with Gasteiger partial charge in [-0.3, -0.25) is 9.58 Å². The number of benzene rings is 2. The van der Waals surface area contributed by atoms with Crippen molar-refractivity contribution in [2.75, 3.05) is 46.3 Å². The normalized spacial score (nSPS) is 22.4. The van der Waals surface area contributed by atoms with Crippen molar-refractivity contribution in [3.05, 3.63) is 54.2 Å². The SMILES string of the molecule is COc1ccc(NC(=O)NCC2CC3CCN2CC3c2cc(-c3ccc(OC)c(OC)c3)nn2C)cc1. The zero-order chi connectivity index (χ0) is 25.9.